The molecule has 0 aliphatic carbocycles. The van der Waals surface area contributed by atoms with Gasteiger partial charge in [-0.3, -0.25) is 0 Å². The molecule has 0 spiro atoms. The topological polar surface area (TPSA) is 4.93 Å². The van der Waals surface area contributed by atoms with Crippen LogP contribution in [0.4, 0.5) is 0 Å². The van der Waals surface area contributed by atoms with Gasteiger partial charge in [-0.1, -0.05) is 42.5 Å². The highest BCUT2D eigenvalue weighted by Crippen LogP contribution is 2.37. The van der Waals surface area contributed by atoms with Gasteiger partial charge in [0.15, 0.2) is 0 Å². The minimum absolute atomic E-state index is 1.13. The Bertz CT molecular complexity index is 952. The second-order valence-electron chi connectivity index (χ2n) is 5.28. The highest BCUT2D eigenvalue weighted by Gasteiger charge is 2.15. The molecule has 4 rings (SSSR count). The van der Waals surface area contributed by atoms with Gasteiger partial charge in [-0.05, 0) is 52.7 Å². The van der Waals surface area contributed by atoms with Crippen LogP contribution in [-0.2, 0) is 0 Å². The van der Waals surface area contributed by atoms with E-state index in [1.54, 1.807) is 0 Å². The zero-order chi connectivity index (χ0) is 14.4. The van der Waals surface area contributed by atoms with E-state index < -0.39 is 0 Å². The summed E-state index contributed by atoms with van der Waals surface area (Å²) >= 11 is 3.74. The summed E-state index contributed by atoms with van der Waals surface area (Å²) in [7, 11) is 0. The third kappa shape index (κ3) is 1.83. The first kappa shape index (κ1) is 12.7. The number of rotatable bonds is 1. The van der Waals surface area contributed by atoms with Crippen LogP contribution in [0, 0.1) is 6.92 Å². The molecule has 0 saturated heterocycles. The molecule has 0 fully saturated rings. The van der Waals surface area contributed by atoms with E-state index in [0.29, 0.717) is 0 Å². The molecule has 0 aliphatic rings. The standard InChI is InChI=1S/C19H14BrN/c1-13-11-12-16(20)19-18(13)15-9-5-6-10-17(15)21(19)14-7-3-2-4-8-14/h2-12H,1H3. The molecule has 0 unspecified atom stereocenters. The maximum atomic E-state index is 3.74. The zero-order valence-electron chi connectivity index (χ0n) is 11.7. The minimum atomic E-state index is 1.13. The molecule has 102 valence electrons. The Morgan fingerprint density at radius 2 is 1.52 bits per heavy atom. The Kier molecular flexibility index (Phi) is 2.86. The Morgan fingerprint density at radius 1 is 0.810 bits per heavy atom. The molecule has 1 heterocycles. The molecule has 0 atom stereocenters. The lowest BCUT2D eigenvalue weighted by atomic mass is 10.1. The SMILES string of the molecule is Cc1ccc(Br)c2c1c1ccccc1n2-c1ccccc1. The molecule has 0 radical (unpaired) electrons. The number of nitrogens with zero attached hydrogens (tertiary/aromatic N) is 1. The number of fused-ring (bicyclic) bond motifs is 3. The number of para-hydroxylation sites is 2. The first-order valence-corrected chi connectivity index (χ1v) is 7.80. The van der Waals surface area contributed by atoms with Gasteiger partial charge in [-0.2, -0.15) is 0 Å². The zero-order valence-corrected chi connectivity index (χ0v) is 13.3. The van der Waals surface area contributed by atoms with Crippen molar-refractivity contribution in [2.45, 2.75) is 6.92 Å². The van der Waals surface area contributed by atoms with Crippen molar-refractivity contribution in [3.8, 4) is 5.69 Å². The van der Waals surface area contributed by atoms with Gasteiger partial charge in [0, 0.05) is 20.9 Å². The number of hydrogen-bond donors (Lipinski definition) is 0. The van der Waals surface area contributed by atoms with Crippen molar-refractivity contribution in [3.63, 3.8) is 0 Å². The summed E-state index contributed by atoms with van der Waals surface area (Å²) in [5.41, 5.74) is 4.98. The van der Waals surface area contributed by atoms with Crippen molar-refractivity contribution in [2.75, 3.05) is 0 Å². The van der Waals surface area contributed by atoms with Crippen LogP contribution in [-0.4, -0.2) is 4.57 Å². The summed E-state index contributed by atoms with van der Waals surface area (Å²) in [5.74, 6) is 0. The second-order valence-corrected chi connectivity index (χ2v) is 6.13. The highest BCUT2D eigenvalue weighted by atomic mass is 79.9. The monoisotopic (exact) mass is 335 g/mol. The predicted molar refractivity (Wildman–Crippen MR) is 93.2 cm³/mol. The van der Waals surface area contributed by atoms with Crippen molar-refractivity contribution in [1.29, 1.82) is 0 Å². The smallest absolute Gasteiger partial charge is 0.0685 e. The van der Waals surface area contributed by atoms with Gasteiger partial charge in [0.2, 0.25) is 0 Å². The Morgan fingerprint density at radius 3 is 2.33 bits per heavy atom. The van der Waals surface area contributed by atoms with E-state index in [1.807, 2.05) is 0 Å². The Balaban J connectivity index is 2.30. The van der Waals surface area contributed by atoms with E-state index in [0.717, 1.165) is 4.47 Å². The van der Waals surface area contributed by atoms with Crippen LogP contribution in [0.25, 0.3) is 27.5 Å². The fourth-order valence-electron chi connectivity index (χ4n) is 3.07. The molecule has 0 N–H and O–H groups in total. The Labute approximate surface area is 132 Å². The van der Waals surface area contributed by atoms with Crippen molar-refractivity contribution >= 4 is 37.7 Å². The average Bonchev–Trinajstić information content (AvgIpc) is 2.88. The molecule has 0 amide bonds. The summed E-state index contributed by atoms with van der Waals surface area (Å²) in [6.07, 6.45) is 0. The molecule has 0 saturated carbocycles. The lowest BCUT2D eigenvalue weighted by molar-refractivity contribution is 1.17. The lowest BCUT2D eigenvalue weighted by Gasteiger charge is -2.09. The van der Waals surface area contributed by atoms with Gasteiger partial charge in [-0.25, -0.2) is 0 Å². The highest BCUT2D eigenvalue weighted by molar-refractivity contribution is 9.10. The second kappa shape index (κ2) is 4.74. The maximum Gasteiger partial charge on any atom is 0.0685 e. The summed E-state index contributed by atoms with van der Waals surface area (Å²) in [4.78, 5) is 0. The number of aryl methyl sites for hydroxylation is 1. The molecule has 1 aromatic heterocycles. The molecular weight excluding hydrogens is 322 g/mol. The summed E-state index contributed by atoms with van der Waals surface area (Å²) in [6, 6.07) is 23.4. The minimum Gasteiger partial charge on any atom is -0.308 e. The van der Waals surface area contributed by atoms with Crippen LogP contribution in [0.3, 0.4) is 0 Å². The van der Waals surface area contributed by atoms with E-state index in [2.05, 4.69) is 94.2 Å². The predicted octanol–water partition coefficient (Wildman–Crippen LogP) is 5.85. The number of hydrogen-bond acceptors (Lipinski definition) is 0. The molecule has 0 bridgehead atoms. The third-order valence-corrected chi connectivity index (χ3v) is 4.63. The van der Waals surface area contributed by atoms with E-state index in [9.17, 15) is 0 Å². The van der Waals surface area contributed by atoms with E-state index in [4.69, 9.17) is 0 Å². The average molecular weight is 336 g/mol. The summed E-state index contributed by atoms with van der Waals surface area (Å²) in [6.45, 7) is 2.18. The van der Waals surface area contributed by atoms with Gasteiger partial charge in [0.1, 0.15) is 0 Å². The first-order chi connectivity index (χ1) is 10.3. The van der Waals surface area contributed by atoms with Gasteiger partial charge in [0.05, 0.1) is 11.0 Å². The first-order valence-electron chi connectivity index (χ1n) is 7.01. The van der Waals surface area contributed by atoms with Crippen molar-refractivity contribution in [3.05, 3.63) is 76.8 Å². The van der Waals surface area contributed by atoms with Gasteiger partial charge >= 0.3 is 0 Å². The van der Waals surface area contributed by atoms with Crippen LogP contribution < -0.4 is 0 Å². The van der Waals surface area contributed by atoms with E-state index in [1.165, 1.54) is 33.1 Å². The molecule has 2 heteroatoms. The quantitative estimate of drug-likeness (QED) is 0.411. The fourth-order valence-corrected chi connectivity index (χ4v) is 3.58. The molecule has 0 aliphatic heterocycles. The molecular formula is C19H14BrN. The summed E-state index contributed by atoms with van der Waals surface area (Å²) < 4.78 is 3.46. The lowest BCUT2D eigenvalue weighted by Crippen LogP contribution is -1.93. The fraction of sp³-hybridized carbons (Fsp3) is 0.0526. The molecule has 3 aromatic carbocycles. The summed E-state index contributed by atoms with van der Waals surface area (Å²) in [5, 5.41) is 2.62. The van der Waals surface area contributed by atoms with Crippen LogP contribution in [0.1, 0.15) is 5.56 Å². The molecule has 21 heavy (non-hydrogen) atoms. The molecule has 1 nitrogen and oxygen atoms in total. The maximum absolute atomic E-state index is 3.74. The van der Waals surface area contributed by atoms with Crippen molar-refractivity contribution in [1.82, 2.24) is 4.57 Å². The van der Waals surface area contributed by atoms with Crippen molar-refractivity contribution < 1.29 is 0 Å². The normalized spacial score (nSPS) is 11.3. The van der Waals surface area contributed by atoms with Crippen LogP contribution in [0.2, 0.25) is 0 Å². The van der Waals surface area contributed by atoms with Crippen LogP contribution in [0.5, 0.6) is 0 Å². The van der Waals surface area contributed by atoms with Gasteiger partial charge in [-0.15, -0.1) is 0 Å². The van der Waals surface area contributed by atoms with Crippen LogP contribution >= 0.6 is 15.9 Å². The number of halogens is 1. The third-order valence-electron chi connectivity index (χ3n) is 3.99. The Hall–Kier alpha value is -2.06. The number of benzene rings is 3. The number of aromatic nitrogens is 1. The van der Waals surface area contributed by atoms with E-state index >= 15 is 0 Å². The van der Waals surface area contributed by atoms with Crippen LogP contribution in [0.15, 0.2) is 71.2 Å². The largest absolute Gasteiger partial charge is 0.308 e. The van der Waals surface area contributed by atoms with Gasteiger partial charge in [0.25, 0.3) is 0 Å². The van der Waals surface area contributed by atoms with E-state index in [-0.39, 0.29) is 0 Å². The van der Waals surface area contributed by atoms with Crippen molar-refractivity contribution in [2.24, 2.45) is 0 Å². The van der Waals surface area contributed by atoms with Gasteiger partial charge < -0.3 is 4.57 Å². The molecule has 4 aromatic rings.